The fraction of sp³-hybridized carbons (Fsp3) is 0.308. The van der Waals surface area contributed by atoms with Crippen molar-refractivity contribution in [3.8, 4) is 0 Å². The fourth-order valence-electron chi connectivity index (χ4n) is 2.00. The minimum Gasteiger partial charge on any atom is -0.330 e. The van der Waals surface area contributed by atoms with E-state index in [2.05, 4.69) is 4.98 Å². The third-order valence-electron chi connectivity index (χ3n) is 2.88. The molecule has 0 aliphatic rings. The molecule has 0 aliphatic carbocycles. The number of aromatic nitrogens is 2. The fourth-order valence-corrected chi connectivity index (χ4v) is 2.23. The van der Waals surface area contributed by atoms with Crippen molar-refractivity contribution >= 4 is 17.3 Å². The average Bonchev–Trinajstić information content (AvgIpc) is 2.79. The topological polar surface area (TPSA) is 61.0 Å². The highest BCUT2D eigenvalue weighted by Gasteiger charge is 2.18. The molecule has 0 bridgehead atoms. The number of nitrogens with zero attached hydrogens (tertiary/aromatic N) is 3. The van der Waals surface area contributed by atoms with E-state index in [0.29, 0.717) is 17.1 Å². The first-order valence-corrected chi connectivity index (χ1v) is 6.31. The Hall–Kier alpha value is -1.88. The molecule has 0 N–H and O–H groups in total. The van der Waals surface area contributed by atoms with Gasteiger partial charge in [-0.05, 0) is 6.07 Å². The number of hydrogen-bond acceptors (Lipinski definition) is 3. The highest BCUT2D eigenvalue weighted by molar-refractivity contribution is 6.31. The Bertz CT molecular complexity index is 608. The van der Waals surface area contributed by atoms with Gasteiger partial charge in [-0.15, -0.1) is 0 Å². The first-order chi connectivity index (χ1) is 9.00. The van der Waals surface area contributed by atoms with Crippen molar-refractivity contribution in [3.05, 3.63) is 57.1 Å². The number of rotatable bonds is 4. The van der Waals surface area contributed by atoms with Gasteiger partial charge < -0.3 is 4.57 Å². The van der Waals surface area contributed by atoms with Gasteiger partial charge in [0.25, 0.3) is 5.69 Å². The van der Waals surface area contributed by atoms with E-state index in [1.165, 1.54) is 6.07 Å². The molecule has 6 heteroatoms. The van der Waals surface area contributed by atoms with Crippen molar-refractivity contribution in [3.63, 3.8) is 0 Å². The van der Waals surface area contributed by atoms with Gasteiger partial charge in [-0.3, -0.25) is 10.1 Å². The third kappa shape index (κ3) is 2.76. The third-order valence-corrected chi connectivity index (χ3v) is 3.24. The molecule has 0 amide bonds. The zero-order valence-electron chi connectivity index (χ0n) is 10.7. The van der Waals surface area contributed by atoms with Gasteiger partial charge in [0.2, 0.25) is 0 Å². The standard InChI is InChI=1S/C13H14ClN3O2/c1-9(2)13-15-6-7-16(13)8-10-11(14)4-3-5-12(10)17(18)19/h3-7,9H,8H2,1-2H3. The highest BCUT2D eigenvalue weighted by atomic mass is 35.5. The van der Waals surface area contributed by atoms with E-state index in [1.54, 1.807) is 18.3 Å². The quantitative estimate of drug-likeness (QED) is 0.634. The molecule has 0 spiro atoms. The number of halogens is 1. The lowest BCUT2D eigenvalue weighted by atomic mass is 10.1. The summed E-state index contributed by atoms with van der Waals surface area (Å²) in [5.74, 6) is 1.13. The van der Waals surface area contributed by atoms with Gasteiger partial charge in [0.15, 0.2) is 0 Å². The van der Waals surface area contributed by atoms with E-state index in [1.807, 2.05) is 24.6 Å². The summed E-state index contributed by atoms with van der Waals surface area (Å²) in [5.41, 5.74) is 0.546. The summed E-state index contributed by atoms with van der Waals surface area (Å²) in [6.07, 6.45) is 3.50. The lowest BCUT2D eigenvalue weighted by Gasteiger charge is -2.11. The van der Waals surface area contributed by atoms with Gasteiger partial charge in [0, 0.05) is 24.4 Å². The maximum Gasteiger partial charge on any atom is 0.275 e. The van der Waals surface area contributed by atoms with Crippen LogP contribution in [-0.4, -0.2) is 14.5 Å². The molecule has 0 saturated heterocycles. The van der Waals surface area contributed by atoms with Gasteiger partial charge in [-0.25, -0.2) is 4.98 Å². The summed E-state index contributed by atoms with van der Waals surface area (Å²) in [6.45, 7) is 4.41. The maximum absolute atomic E-state index is 11.0. The molecule has 0 unspecified atom stereocenters. The largest absolute Gasteiger partial charge is 0.330 e. The van der Waals surface area contributed by atoms with Crippen molar-refractivity contribution in [2.75, 3.05) is 0 Å². The van der Waals surface area contributed by atoms with E-state index in [-0.39, 0.29) is 11.6 Å². The number of hydrogen-bond donors (Lipinski definition) is 0. The van der Waals surface area contributed by atoms with Crippen molar-refractivity contribution < 1.29 is 4.92 Å². The van der Waals surface area contributed by atoms with E-state index < -0.39 is 4.92 Å². The van der Waals surface area contributed by atoms with Gasteiger partial charge in [0.1, 0.15) is 5.82 Å². The summed E-state index contributed by atoms with van der Waals surface area (Å²) in [5, 5.41) is 11.4. The summed E-state index contributed by atoms with van der Waals surface area (Å²) >= 11 is 6.08. The molecule has 0 fully saturated rings. The molecular weight excluding hydrogens is 266 g/mol. The van der Waals surface area contributed by atoms with Crippen LogP contribution in [0, 0.1) is 10.1 Å². The van der Waals surface area contributed by atoms with Crippen LogP contribution in [0.5, 0.6) is 0 Å². The van der Waals surface area contributed by atoms with Crippen molar-refractivity contribution in [1.82, 2.24) is 9.55 Å². The predicted octanol–water partition coefficient (Wildman–Crippen LogP) is 3.62. The van der Waals surface area contributed by atoms with Crippen LogP contribution in [0.4, 0.5) is 5.69 Å². The summed E-state index contributed by atoms with van der Waals surface area (Å²) in [7, 11) is 0. The molecule has 100 valence electrons. The minimum absolute atomic E-state index is 0.0379. The van der Waals surface area contributed by atoms with Crippen LogP contribution in [-0.2, 0) is 6.54 Å². The highest BCUT2D eigenvalue weighted by Crippen LogP contribution is 2.28. The molecule has 0 aliphatic heterocycles. The second-order valence-electron chi connectivity index (χ2n) is 4.56. The Balaban J connectivity index is 2.43. The Labute approximate surface area is 116 Å². The van der Waals surface area contributed by atoms with Crippen LogP contribution in [0.1, 0.15) is 31.2 Å². The normalized spacial score (nSPS) is 10.9. The molecule has 1 aromatic heterocycles. The Morgan fingerprint density at radius 1 is 1.47 bits per heavy atom. The number of nitro groups is 1. The number of benzene rings is 1. The maximum atomic E-state index is 11.0. The zero-order chi connectivity index (χ0) is 14.0. The Kier molecular flexibility index (Phi) is 3.85. The van der Waals surface area contributed by atoms with Gasteiger partial charge in [0.05, 0.1) is 22.1 Å². The molecule has 19 heavy (non-hydrogen) atoms. The van der Waals surface area contributed by atoms with Crippen LogP contribution in [0.3, 0.4) is 0 Å². The van der Waals surface area contributed by atoms with Crippen LogP contribution < -0.4 is 0 Å². The van der Waals surface area contributed by atoms with E-state index >= 15 is 0 Å². The van der Waals surface area contributed by atoms with E-state index in [4.69, 9.17) is 11.6 Å². The SMILES string of the molecule is CC(C)c1nccn1Cc1c(Cl)cccc1[N+](=O)[O-]. The summed E-state index contributed by atoms with van der Waals surface area (Å²) in [4.78, 5) is 14.9. The molecule has 0 radical (unpaired) electrons. The smallest absolute Gasteiger partial charge is 0.275 e. The minimum atomic E-state index is -0.410. The van der Waals surface area contributed by atoms with Crippen molar-refractivity contribution in [1.29, 1.82) is 0 Å². The predicted molar refractivity (Wildman–Crippen MR) is 73.5 cm³/mol. The lowest BCUT2D eigenvalue weighted by Crippen LogP contribution is -2.08. The molecule has 1 aromatic carbocycles. The van der Waals surface area contributed by atoms with Crippen LogP contribution in [0.15, 0.2) is 30.6 Å². The Morgan fingerprint density at radius 3 is 2.84 bits per heavy atom. The number of nitro benzene ring substituents is 1. The number of imidazole rings is 1. The van der Waals surface area contributed by atoms with Crippen molar-refractivity contribution in [2.24, 2.45) is 0 Å². The van der Waals surface area contributed by atoms with Crippen LogP contribution in [0.25, 0.3) is 0 Å². The van der Waals surface area contributed by atoms with Crippen LogP contribution in [0.2, 0.25) is 5.02 Å². The average molecular weight is 280 g/mol. The Morgan fingerprint density at radius 2 is 2.21 bits per heavy atom. The molecule has 2 aromatic rings. The van der Waals surface area contributed by atoms with Gasteiger partial charge in [-0.1, -0.05) is 31.5 Å². The van der Waals surface area contributed by atoms with Gasteiger partial charge >= 0.3 is 0 Å². The molecule has 2 rings (SSSR count). The van der Waals surface area contributed by atoms with Gasteiger partial charge in [-0.2, -0.15) is 0 Å². The molecule has 0 saturated carbocycles. The van der Waals surface area contributed by atoms with E-state index in [9.17, 15) is 10.1 Å². The zero-order valence-corrected chi connectivity index (χ0v) is 11.5. The molecular formula is C13H14ClN3O2. The lowest BCUT2D eigenvalue weighted by molar-refractivity contribution is -0.385. The second-order valence-corrected chi connectivity index (χ2v) is 4.97. The second kappa shape index (κ2) is 5.40. The first kappa shape index (κ1) is 13.5. The summed E-state index contributed by atoms with van der Waals surface area (Å²) < 4.78 is 1.89. The summed E-state index contributed by atoms with van der Waals surface area (Å²) in [6, 6.07) is 4.71. The molecule has 5 nitrogen and oxygen atoms in total. The molecule has 0 atom stereocenters. The van der Waals surface area contributed by atoms with Crippen molar-refractivity contribution in [2.45, 2.75) is 26.3 Å². The van der Waals surface area contributed by atoms with E-state index in [0.717, 1.165) is 5.82 Å². The van der Waals surface area contributed by atoms with Crippen LogP contribution >= 0.6 is 11.6 Å². The monoisotopic (exact) mass is 279 g/mol. The first-order valence-electron chi connectivity index (χ1n) is 5.93. The molecule has 1 heterocycles.